The van der Waals surface area contributed by atoms with Crippen molar-refractivity contribution in [3.8, 4) is 0 Å². The van der Waals surface area contributed by atoms with Crippen LogP contribution >= 0.6 is 35.3 Å². The molecule has 3 rings (SSSR count). The summed E-state index contributed by atoms with van der Waals surface area (Å²) >= 11 is 1.78. The summed E-state index contributed by atoms with van der Waals surface area (Å²) in [6.07, 6.45) is 1.85. The Bertz CT molecular complexity index is 815. The molecule has 0 saturated carbocycles. The number of H-pyrrole nitrogens is 1. The Hall–Kier alpha value is -1.61. The molecule has 3 N–H and O–H groups in total. The quantitative estimate of drug-likeness (QED) is 0.284. The van der Waals surface area contributed by atoms with Gasteiger partial charge in [-0.05, 0) is 31.4 Å². The predicted octanol–water partition coefficient (Wildman–Crippen LogP) is 3.81. The second kappa shape index (κ2) is 9.91. The number of rotatable bonds is 6. The van der Waals surface area contributed by atoms with Gasteiger partial charge in [0.1, 0.15) is 0 Å². The lowest BCUT2D eigenvalue weighted by Gasteiger charge is -2.10. The van der Waals surface area contributed by atoms with E-state index in [2.05, 4.69) is 69.8 Å². The van der Waals surface area contributed by atoms with E-state index in [1.807, 2.05) is 0 Å². The van der Waals surface area contributed by atoms with Crippen molar-refractivity contribution in [1.29, 1.82) is 0 Å². The molecule has 2 heterocycles. The summed E-state index contributed by atoms with van der Waals surface area (Å²) in [4.78, 5) is 13.6. The van der Waals surface area contributed by atoms with Crippen LogP contribution in [0.2, 0.25) is 0 Å². The molecule has 1 aromatic carbocycles. The highest BCUT2D eigenvalue weighted by Crippen LogP contribution is 2.16. The average molecular weight is 483 g/mol. The summed E-state index contributed by atoms with van der Waals surface area (Å²) in [6, 6.07) is 10.6. The molecule has 0 aliphatic heterocycles. The summed E-state index contributed by atoms with van der Waals surface area (Å²) in [5.41, 5.74) is 3.56. The van der Waals surface area contributed by atoms with Crippen LogP contribution in [0.5, 0.6) is 0 Å². The van der Waals surface area contributed by atoms with Gasteiger partial charge >= 0.3 is 0 Å². The number of nitrogens with one attached hydrogen (secondary N) is 3. The van der Waals surface area contributed by atoms with Gasteiger partial charge in [-0.1, -0.05) is 18.2 Å². The second-order valence-electron chi connectivity index (χ2n) is 6.06. The van der Waals surface area contributed by atoms with Crippen LogP contribution in [0.1, 0.15) is 21.3 Å². The van der Waals surface area contributed by atoms with Gasteiger partial charge in [0.25, 0.3) is 0 Å². The molecule has 2 aromatic heterocycles. The fourth-order valence-corrected chi connectivity index (χ4v) is 3.67. The zero-order chi connectivity index (χ0) is 17.6. The van der Waals surface area contributed by atoms with E-state index in [1.54, 1.807) is 18.4 Å². The largest absolute Gasteiger partial charge is 0.358 e. The molecule has 140 valence electrons. The van der Waals surface area contributed by atoms with Crippen molar-refractivity contribution in [2.24, 2.45) is 4.99 Å². The highest BCUT2D eigenvalue weighted by Gasteiger charge is 2.05. The van der Waals surface area contributed by atoms with Crippen LogP contribution in [0.15, 0.2) is 35.3 Å². The monoisotopic (exact) mass is 483 g/mol. The van der Waals surface area contributed by atoms with E-state index < -0.39 is 0 Å². The number of guanidine groups is 1. The lowest BCUT2D eigenvalue weighted by Crippen LogP contribution is -2.39. The number of benzene rings is 1. The zero-order valence-electron chi connectivity index (χ0n) is 15.4. The molecule has 7 heteroatoms. The van der Waals surface area contributed by atoms with Crippen molar-refractivity contribution in [3.05, 3.63) is 51.6 Å². The van der Waals surface area contributed by atoms with Gasteiger partial charge in [0.05, 0.1) is 10.7 Å². The summed E-state index contributed by atoms with van der Waals surface area (Å²) in [5, 5.41) is 9.16. The molecule has 3 aromatic rings. The van der Waals surface area contributed by atoms with E-state index >= 15 is 0 Å². The van der Waals surface area contributed by atoms with Crippen molar-refractivity contribution < 1.29 is 0 Å². The Morgan fingerprint density at radius 3 is 2.54 bits per heavy atom. The minimum atomic E-state index is 0. The Labute approximate surface area is 175 Å². The number of aliphatic imine (C=N–C) groups is 1. The molecule has 26 heavy (non-hydrogen) atoms. The third-order valence-electron chi connectivity index (χ3n) is 4.20. The van der Waals surface area contributed by atoms with Crippen LogP contribution in [-0.4, -0.2) is 36.1 Å². The Balaban J connectivity index is 0.00000243. The van der Waals surface area contributed by atoms with Gasteiger partial charge in [0, 0.05) is 49.1 Å². The number of halogens is 1. The van der Waals surface area contributed by atoms with E-state index in [1.165, 1.54) is 26.5 Å². The van der Waals surface area contributed by atoms with E-state index in [0.29, 0.717) is 0 Å². The molecule has 0 atom stereocenters. The van der Waals surface area contributed by atoms with Crippen molar-refractivity contribution >= 4 is 52.2 Å². The maximum atomic E-state index is 4.57. The number of fused-ring (bicyclic) bond motifs is 1. The number of para-hydroxylation sites is 1. The first kappa shape index (κ1) is 20.7. The van der Waals surface area contributed by atoms with Crippen LogP contribution in [0.3, 0.4) is 0 Å². The zero-order valence-corrected chi connectivity index (χ0v) is 18.6. The lowest BCUT2D eigenvalue weighted by atomic mass is 10.2. The normalized spacial score (nSPS) is 11.4. The molecule has 0 radical (unpaired) electrons. The van der Waals surface area contributed by atoms with Gasteiger partial charge in [-0.15, -0.1) is 35.3 Å². The SMILES string of the molecule is CN=C(NCCc1cc2ccccc2[nH]1)NCCc1nc(C)c(C)s1.I. The molecule has 0 fully saturated rings. The smallest absolute Gasteiger partial charge is 0.191 e. The van der Waals surface area contributed by atoms with Gasteiger partial charge in [-0.3, -0.25) is 4.99 Å². The van der Waals surface area contributed by atoms with E-state index in [4.69, 9.17) is 0 Å². The maximum Gasteiger partial charge on any atom is 0.191 e. The number of hydrogen-bond donors (Lipinski definition) is 3. The van der Waals surface area contributed by atoms with Gasteiger partial charge in [-0.2, -0.15) is 0 Å². The topological polar surface area (TPSA) is 65.1 Å². The number of aromatic amines is 1. The summed E-state index contributed by atoms with van der Waals surface area (Å²) in [5.74, 6) is 0.834. The first-order valence-electron chi connectivity index (χ1n) is 8.60. The van der Waals surface area contributed by atoms with Gasteiger partial charge in [-0.25, -0.2) is 4.98 Å². The van der Waals surface area contributed by atoms with Gasteiger partial charge in [0.2, 0.25) is 0 Å². The minimum absolute atomic E-state index is 0. The molecular formula is C19H26IN5S. The van der Waals surface area contributed by atoms with Crippen molar-refractivity contribution in [2.45, 2.75) is 26.7 Å². The van der Waals surface area contributed by atoms with Crippen LogP contribution < -0.4 is 10.6 Å². The maximum absolute atomic E-state index is 4.57. The van der Waals surface area contributed by atoms with Gasteiger partial charge in [0.15, 0.2) is 5.96 Å². The van der Waals surface area contributed by atoms with Crippen LogP contribution in [0, 0.1) is 13.8 Å². The van der Waals surface area contributed by atoms with Crippen LogP contribution in [-0.2, 0) is 12.8 Å². The Kier molecular flexibility index (Phi) is 7.89. The van der Waals surface area contributed by atoms with Gasteiger partial charge < -0.3 is 15.6 Å². The fraction of sp³-hybridized carbons (Fsp3) is 0.368. The molecule has 0 unspecified atom stereocenters. The number of thiazole rings is 1. The molecule has 5 nitrogen and oxygen atoms in total. The van der Waals surface area contributed by atoms with Crippen molar-refractivity contribution in [1.82, 2.24) is 20.6 Å². The molecule has 0 bridgehead atoms. The molecular weight excluding hydrogens is 457 g/mol. The fourth-order valence-electron chi connectivity index (χ4n) is 2.74. The van der Waals surface area contributed by atoms with E-state index in [-0.39, 0.29) is 24.0 Å². The molecule has 0 aliphatic carbocycles. The standard InChI is InChI=1S/C19H25N5S.HI/c1-13-14(2)25-18(23-13)9-11-22-19(20-3)21-10-8-16-12-15-6-4-5-7-17(15)24-16;/h4-7,12,24H,8-11H2,1-3H3,(H2,20,21,22);1H. The van der Waals surface area contributed by atoms with Crippen molar-refractivity contribution in [3.63, 3.8) is 0 Å². The lowest BCUT2D eigenvalue weighted by molar-refractivity contribution is 0.776. The number of hydrogen-bond acceptors (Lipinski definition) is 3. The number of aromatic nitrogens is 2. The molecule has 0 amide bonds. The van der Waals surface area contributed by atoms with Crippen molar-refractivity contribution in [2.75, 3.05) is 20.1 Å². The minimum Gasteiger partial charge on any atom is -0.358 e. The highest BCUT2D eigenvalue weighted by atomic mass is 127. The number of aryl methyl sites for hydroxylation is 2. The first-order valence-corrected chi connectivity index (χ1v) is 9.41. The first-order chi connectivity index (χ1) is 12.2. The Morgan fingerprint density at radius 1 is 1.15 bits per heavy atom. The average Bonchev–Trinajstić information content (AvgIpc) is 3.16. The molecule has 0 saturated heterocycles. The summed E-state index contributed by atoms with van der Waals surface area (Å²) < 4.78 is 0. The van der Waals surface area contributed by atoms with Crippen LogP contribution in [0.25, 0.3) is 10.9 Å². The number of nitrogens with zero attached hydrogens (tertiary/aromatic N) is 2. The molecule has 0 spiro atoms. The summed E-state index contributed by atoms with van der Waals surface area (Å²) in [6.45, 7) is 5.85. The van der Waals surface area contributed by atoms with E-state index in [0.717, 1.165) is 37.6 Å². The van der Waals surface area contributed by atoms with E-state index in [9.17, 15) is 0 Å². The second-order valence-corrected chi connectivity index (χ2v) is 7.34. The predicted molar refractivity (Wildman–Crippen MR) is 122 cm³/mol. The third-order valence-corrected chi connectivity index (χ3v) is 5.33. The summed E-state index contributed by atoms with van der Waals surface area (Å²) in [7, 11) is 1.80. The van der Waals surface area contributed by atoms with Crippen LogP contribution in [0.4, 0.5) is 0 Å². The Morgan fingerprint density at radius 2 is 1.88 bits per heavy atom. The molecule has 0 aliphatic rings. The highest BCUT2D eigenvalue weighted by molar-refractivity contribution is 14.0. The third kappa shape index (κ3) is 5.44.